The van der Waals surface area contributed by atoms with Crippen LogP contribution in [0.15, 0.2) is 41.4 Å². The maximum atomic E-state index is 6.03. The summed E-state index contributed by atoms with van der Waals surface area (Å²) < 4.78 is 10.7. The van der Waals surface area contributed by atoms with Crippen LogP contribution in [-0.4, -0.2) is 50.2 Å². The molecule has 2 aliphatic heterocycles. The zero-order valence-electron chi connectivity index (χ0n) is 13.4. The molecule has 0 aliphatic carbocycles. The molecule has 2 heterocycles. The lowest BCUT2D eigenvalue weighted by Gasteiger charge is -2.34. The fourth-order valence-electron chi connectivity index (χ4n) is 2.47. The second-order valence-corrected chi connectivity index (χ2v) is 5.44. The summed E-state index contributed by atoms with van der Waals surface area (Å²) in [5.41, 5.74) is 2.07. The van der Waals surface area contributed by atoms with Crippen LogP contribution in [0.3, 0.4) is 0 Å². The van der Waals surface area contributed by atoms with Crippen LogP contribution in [0, 0.1) is 0 Å². The zero-order valence-corrected chi connectivity index (χ0v) is 13.4. The molecule has 6 nitrogen and oxygen atoms in total. The predicted octanol–water partition coefficient (Wildman–Crippen LogP) is 2.00. The quantitative estimate of drug-likeness (QED) is 0.833. The Morgan fingerprint density at radius 3 is 2.96 bits per heavy atom. The molecule has 1 N–H and O–H groups in total. The predicted molar refractivity (Wildman–Crippen MR) is 88.5 cm³/mol. The van der Waals surface area contributed by atoms with E-state index in [4.69, 9.17) is 14.3 Å². The highest BCUT2D eigenvalue weighted by molar-refractivity contribution is 5.85. The van der Waals surface area contributed by atoms with E-state index in [1.807, 2.05) is 35.6 Å². The Labute approximate surface area is 136 Å². The van der Waals surface area contributed by atoms with E-state index in [9.17, 15) is 0 Å². The number of aliphatic imine (C=N–C) groups is 1. The third-order valence-electron chi connectivity index (χ3n) is 3.66. The molecule has 0 bridgehead atoms. The highest BCUT2D eigenvalue weighted by atomic mass is 16.7. The highest BCUT2D eigenvalue weighted by Crippen LogP contribution is 2.24. The van der Waals surface area contributed by atoms with Gasteiger partial charge in [0.25, 0.3) is 0 Å². The van der Waals surface area contributed by atoms with Gasteiger partial charge in [0.05, 0.1) is 12.3 Å². The minimum absolute atomic E-state index is 0.0373. The number of nitrogens with zero attached hydrogens (tertiary/aromatic N) is 2. The van der Waals surface area contributed by atoms with Crippen LogP contribution in [-0.2, 0) is 14.3 Å². The van der Waals surface area contributed by atoms with Crippen molar-refractivity contribution >= 4 is 11.9 Å². The van der Waals surface area contributed by atoms with Gasteiger partial charge in [-0.2, -0.15) is 0 Å². The molecule has 1 aromatic rings. The Morgan fingerprint density at radius 2 is 2.22 bits per heavy atom. The standard InChI is InChI=1S/C17H23N3O3/c1-2-9-18-17-19-10-8-16(14-6-4-3-5-7-14)20(17)23-12-15-11-21-13-22-15/h3-8,10,15,17-18H,2,9,11-13H2,1H3. The minimum Gasteiger partial charge on any atom is -0.353 e. The van der Waals surface area contributed by atoms with Gasteiger partial charge < -0.3 is 9.47 Å². The number of nitrogens with one attached hydrogen (secondary N) is 1. The fourth-order valence-corrected chi connectivity index (χ4v) is 2.47. The van der Waals surface area contributed by atoms with E-state index < -0.39 is 0 Å². The first-order chi connectivity index (χ1) is 11.4. The maximum absolute atomic E-state index is 6.03. The van der Waals surface area contributed by atoms with Gasteiger partial charge in [-0.25, -0.2) is 5.06 Å². The van der Waals surface area contributed by atoms with Crippen molar-refractivity contribution in [3.63, 3.8) is 0 Å². The molecule has 1 saturated heterocycles. The van der Waals surface area contributed by atoms with Crippen molar-refractivity contribution in [3.05, 3.63) is 42.0 Å². The van der Waals surface area contributed by atoms with Gasteiger partial charge in [-0.1, -0.05) is 37.3 Å². The lowest BCUT2D eigenvalue weighted by molar-refractivity contribution is -0.164. The number of hydrogen-bond donors (Lipinski definition) is 1. The van der Waals surface area contributed by atoms with Crippen molar-refractivity contribution in [1.29, 1.82) is 0 Å². The average Bonchev–Trinajstić information content (AvgIpc) is 3.12. The molecular weight excluding hydrogens is 294 g/mol. The minimum atomic E-state index is -0.238. The molecular formula is C17H23N3O3. The zero-order chi connectivity index (χ0) is 15.9. The monoisotopic (exact) mass is 317 g/mol. The summed E-state index contributed by atoms with van der Waals surface area (Å²) in [5, 5.41) is 5.21. The lowest BCUT2D eigenvalue weighted by Crippen LogP contribution is -2.46. The molecule has 6 heteroatoms. The van der Waals surface area contributed by atoms with Gasteiger partial charge >= 0.3 is 0 Å². The van der Waals surface area contributed by atoms with Crippen molar-refractivity contribution < 1.29 is 14.3 Å². The van der Waals surface area contributed by atoms with Gasteiger partial charge in [0.15, 0.2) is 6.29 Å². The number of allylic oxidation sites excluding steroid dienone is 1. The van der Waals surface area contributed by atoms with Crippen LogP contribution < -0.4 is 5.32 Å². The SMILES string of the molecule is CCCNC1N=CC=C(c2ccccc2)N1OCC1COCO1. The number of benzene rings is 1. The van der Waals surface area contributed by atoms with Crippen LogP contribution in [0.1, 0.15) is 18.9 Å². The lowest BCUT2D eigenvalue weighted by atomic mass is 10.1. The Kier molecular flexibility index (Phi) is 5.76. The van der Waals surface area contributed by atoms with Crippen LogP contribution >= 0.6 is 0 Å². The molecule has 1 aromatic carbocycles. The van der Waals surface area contributed by atoms with Gasteiger partial charge in [0.1, 0.15) is 19.5 Å². The normalized spacial score (nSPS) is 24.0. The number of hydroxylamine groups is 2. The summed E-state index contributed by atoms with van der Waals surface area (Å²) in [6.07, 6.45) is 4.54. The molecule has 0 radical (unpaired) electrons. The van der Waals surface area contributed by atoms with Crippen molar-refractivity contribution in [1.82, 2.24) is 10.4 Å². The van der Waals surface area contributed by atoms with E-state index in [-0.39, 0.29) is 12.4 Å². The largest absolute Gasteiger partial charge is 0.353 e. The molecule has 2 aliphatic rings. The third-order valence-corrected chi connectivity index (χ3v) is 3.66. The van der Waals surface area contributed by atoms with Crippen LogP contribution in [0.4, 0.5) is 0 Å². The summed E-state index contributed by atoms with van der Waals surface area (Å²) in [6.45, 7) is 4.33. The van der Waals surface area contributed by atoms with Gasteiger partial charge in [-0.15, -0.1) is 0 Å². The van der Waals surface area contributed by atoms with Crippen molar-refractivity contribution in [2.75, 3.05) is 26.6 Å². The Hall–Kier alpha value is -1.73. The van der Waals surface area contributed by atoms with E-state index in [2.05, 4.69) is 29.4 Å². The number of rotatable bonds is 7. The smallest absolute Gasteiger partial charge is 0.199 e. The summed E-state index contributed by atoms with van der Waals surface area (Å²) in [4.78, 5) is 10.5. The summed E-state index contributed by atoms with van der Waals surface area (Å²) in [7, 11) is 0. The molecule has 0 spiro atoms. The van der Waals surface area contributed by atoms with E-state index in [0.717, 1.165) is 24.2 Å². The maximum Gasteiger partial charge on any atom is 0.199 e. The van der Waals surface area contributed by atoms with Gasteiger partial charge in [0.2, 0.25) is 0 Å². The number of hydrogen-bond acceptors (Lipinski definition) is 6. The molecule has 124 valence electrons. The van der Waals surface area contributed by atoms with Gasteiger partial charge in [-0.05, 0) is 19.0 Å². The summed E-state index contributed by atoms with van der Waals surface area (Å²) in [5.74, 6) is 0. The van der Waals surface area contributed by atoms with E-state index in [1.54, 1.807) is 0 Å². The molecule has 2 atom stereocenters. The van der Waals surface area contributed by atoms with Crippen LogP contribution in [0.2, 0.25) is 0 Å². The summed E-state index contributed by atoms with van der Waals surface area (Å²) in [6, 6.07) is 10.2. The molecule has 1 fully saturated rings. The molecule has 0 amide bonds. The van der Waals surface area contributed by atoms with Crippen LogP contribution in [0.25, 0.3) is 5.70 Å². The Balaban J connectivity index is 1.74. The molecule has 0 aromatic heterocycles. The van der Waals surface area contributed by atoms with Gasteiger partial charge in [-0.3, -0.25) is 15.1 Å². The van der Waals surface area contributed by atoms with Crippen molar-refractivity contribution in [2.45, 2.75) is 25.7 Å². The fraction of sp³-hybridized carbons (Fsp3) is 0.471. The highest BCUT2D eigenvalue weighted by Gasteiger charge is 2.26. The van der Waals surface area contributed by atoms with Crippen molar-refractivity contribution in [2.24, 2.45) is 4.99 Å². The second kappa shape index (κ2) is 8.21. The first-order valence-electron chi connectivity index (χ1n) is 8.02. The third kappa shape index (κ3) is 4.17. The van der Waals surface area contributed by atoms with Crippen molar-refractivity contribution in [3.8, 4) is 0 Å². The second-order valence-electron chi connectivity index (χ2n) is 5.44. The van der Waals surface area contributed by atoms with Crippen LogP contribution in [0.5, 0.6) is 0 Å². The Morgan fingerprint density at radius 1 is 1.35 bits per heavy atom. The first kappa shape index (κ1) is 16.1. The first-order valence-corrected chi connectivity index (χ1v) is 8.02. The van der Waals surface area contributed by atoms with E-state index >= 15 is 0 Å². The Bertz CT molecular complexity index is 541. The number of ether oxygens (including phenoxy) is 2. The average molecular weight is 317 g/mol. The van der Waals surface area contributed by atoms with E-state index in [0.29, 0.717) is 20.0 Å². The molecule has 23 heavy (non-hydrogen) atoms. The molecule has 2 unspecified atom stereocenters. The summed E-state index contributed by atoms with van der Waals surface area (Å²) >= 11 is 0. The topological polar surface area (TPSA) is 55.3 Å². The van der Waals surface area contributed by atoms with Gasteiger partial charge in [0, 0.05) is 11.8 Å². The molecule has 0 saturated carbocycles. The van der Waals surface area contributed by atoms with E-state index in [1.165, 1.54) is 0 Å². The molecule has 3 rings (SSSR count).